The van der Waals surface area contributed by atoms with Crippen LogP contribution in [0.15, 0.2) is 35.3 Å². The third kappa shape index (κ3) is 4.09. The van der Waals surface area contributed by atoms with E-state index in [1.807, 2.05) is 39.0 Å². The number of aromatic amines is 1. The minimum atomic E-state index is -0.570. The van der Waals surface area contributed by atoms with Gasteiger partial charge < -0.3 is 19.8 Å². The summed E-state index contributed by atoms with van der Waals surface area (Å²) in [5.41, 5.74) is 2.15. The molecule has 1 aliphatic rings. The SMILES string of the molecule is C=C[C@H](NC(=O)OC(C)(C)C)c1nc2c([nH]1)CCOc1cc(Br)ccc1-2. The number of aromatic nitrogens is 2. The predicted octanol–water partition coefficient (Wildman–Crippen LogP) is 4.53. The molecule has 1 aromatic carbocycles. The molecule has 0 radical (unpaired) electrons. The molecule has 0 fully saturated rings. The Morgan fingerprint density at radius 1 is 1.50 bits per heavy atom. The van der Waals surface area contributed by atoms with Crippen LogP contribution in [0.5, 0.6) is 5.75 Å². The van der Waals surface area contributed by atoms with E-state index in [9.17, 15) is 4.79 Å². The lowest BCUT2D eigenvalue weighted by molar-refractivity contribution is 0.0512. The zero-order valence-electron chi connectivity index (χ0n) is 15.1. The molecule has 2 N–H and O–H groups in total. The number of benzene rings is 1. The zero-order chi connectivity index (χ0) is 18.9. The number of carbonyl (C=O) groups is 1. The maximum atomic E-state index is 12.1. The number of alkyl carbamates (subject to hydrolysis) is 1. The molecule has 2 heterocycles. The fourth-order valence-electron chi connectivity index (χ4n) is 2.73. The molecule has 1 amide bonds. The third-order valence-corrected chi connectivity index (χ3v) is 4.30. The molecular formula is C19H22BrN3O3. The fraction of sp³-hybridized carbons (Fsp3) is 0.368. The Kier molecular flexibility index (Phi) is 5.09. The monoisotopic (exact) mass is 419 g/mol. The van der Waals surface area contributed by atoms with Crippen molar-refractivity contribution in [2.45, 2.75) is 38.8 Å². The van der Waals surface area contributed by atoms with Crippen molar-refractivity contribution < 1.29 is 14.3 Å². The number of nitrogens with one attached hydrogen (secondary N) is 2. The maximum absolute atomic E-state index is 12.1. The minimum absolute atomic E-state index is 0.475. The first-order chi connectivity index (χ1) is 12.3. The van der Waals surface area contributed by atoms with E-state index in [1.165, 1.54) is 0 Å². The van der Waals surface area contributed by atoms with Crippen LogP contribution in [0, 0.1) is 0 Å². The Balaban J connectivity index is 1.89. The van der Waals surface area contributed by atoms with Crippen LogP contribution in [0.25, 0.3) is 11.3 Å². The second-order valence-electron chi connectivity index (χ2n) is 7.05. The molecule has 0 spiro atoms. The number of nitrogens with zero attached hydrogens (tertiary/aromatic N) is 1. The largest absolute Gasteiger partial charge is 0.492 e. The fourth-order valence-corrected chi connectivity index (χ4v) is 3.07. The number of imidazole rings is 1. The summed E-state index contributed by atoms with van der Waals surface area (Å²) in [6.45, 7) is 9.82. The molecule has 1 aliphatic heterocycles. The molecule has 6 nitrogen and oxygen atoms in total. The van der Waals surface area contributed by atoms with Crippen LogP contribution in [0.2, 0.25) is 0 Å². The smallest absolute Gasteiger partial charge is 0.408 e. The van der Waals surface area contributed by atoms with Crippen molar-refractivity contribution in [1.82, 2.24) is 15.3 Å². The number of halogens is 1. The van der Waals surface area contributed by atoms with Gasteiger partial charge in [-0.3, -0.25) is 0 Å². The molecule has 2 aromatic rings. The third-order valence-electron chi connectivity index (χ3n) is 3.81. The number of H-pyrrole nitrogens is 1. The first-order valence-electron chi connectivity index (χ1n) is 8.40. The molecule has 0 saturated heterocycles. The highest BCUT2D eigenvalue weighted by Gasteiger charge is 2.24. The number of carbonyl (C=O) groups excluding carboxylic acids is 1. The summed E-state index contributed by atoms with van der Waals surface area (Å²) in [6.07, 6.45) is 1.81. The molecule has 0 aliphatic carbocycles. The van der Waals surface area contributed by atoms with E-state index in [0.29, 0.717) is 18.9 Å². The molecule has 0 bridgehead atoms. The van der Waals surface area contributed by atoms with E-state index >= 15 is 0 Å². The first kappa shape index (κ1) is 18.5. The van der Waals surface area contributed by atoms with E-state index in [-0.39, 0.29) is 0 Å². The van der Waals surface area contributed by atoms with E-state index in [4.69, 9.17) is 14.5 Å². The molecule has 0 unspecified atom stereocenters. The Labute approximate surface area is 161 Å². The van der Waals surface area contributed by atoms with Gasteiger partial charge in [0.1, 0.15) is 23.2 Å². The topological polar surface area (TPSA) is 76.2 Å². The van der Waals surface area contributed by atoms with Gasteiger partial charge in [-0.05, 0) is 39.0 Å². The van der Waals surface area contributed by atoms with Gasteiger partial charge in [0.25, 0.3) is 0 Å². The van der Waals surface area contributed by atoms with Gasteiger partial charge in [0, 0.05) is 22.2 Å². The molecular weight excluding hydrogens is 398 g/mol. The lowest BCUT2D eigenvalue weighted by atomic mass is 10.1. The van der Waals surface area contributed by atoms with Crippen molar-refractivity contribution in [2.75, 3.05) is 6.61 Å². The maximum Gasteiger partial charge on any atom is 0.408 e. The van der Waals surface area contributed by atoms with Gasteiger partial charge in [-0.15, -0.1) is 6.58 Å². The zero-order valence-corrected chi connectivity index (χ0v) is 16.6. The Morgan fingerprint density at radius 3 is 2.96 bits per heavy atom. The van der Waals surface area contributed by atoms with Crippen molar-refractivity contribution in [1.29, 1.82) is 0 Å². The van der Waals surface area contributed by atoms with Crippen LogP contribution in [-0.4, -0.2) is 28.3 Å². The number of hydrogen-bond donors (Lipinski definition) is 2. The van der Waals surface area contributed by atoms with Gasteiger partial charge in [0.2, 0.25) is 0 Å². The summed E-state index contributed by atoms with van der Waals surface area (Å²) in [4.78, 5) is 20.1. The normalized spacial score (nSPS) is 14.3. The Morgan fingerprint density at radius 2 is 2.27 bits per heavy atom. The number of fused-ring (bicyclic) bond motifs is 3. The highest BCUT2D eigenvalue weighted by molar-refractivity contribution is 9.10. The highest BCUT2D eigenvalue weighted by Crippen LogP contribution is 2.36. The van der Waals surface area contributed by atoms with Crippen molar-refractivity contribution >= 4 is 22.0 Å². The predicted molar refractivity (Wildman–Crippen MR) is 103 cm³/mol. The van der Waals surface area contributed by atoms with Crippen molar-refractivity contribution in [3.05, 3.63) is 46.8 Å². The Hall–Kier alpha value is -2.28. The average molecular weight is 420 g/mol. The highest BCUT2D eigenvalue weighted by atomic mass is 79.9. The molecule has 3 rings (SSSR count). The van der Waals surface area contributed by atoms with Gasteiger partial charge in [0.05, 0.1) is 12.3 Å². The summed E-state index contributed by atoms with van der Waals surface area (Å²) >= 11 is 3.46. The molecule has 1 aromatic heterocycles. The molecule has 138 valence electrons. The van der Waals surface area contributed by atoms with Crippen LogP contribution in [0.3, 0.4) is 0 Å². The van der Waals surface area contributed by atoms with Crippen molar-refractivity contribution in [2.24, 2.45) is 0 Å². The molecule has 7 heteroatoms. The molecule has 0 saturated carbocycles. The molecule has 26 heavy (non-hydrogen) atoms. The molecule has 1 atom stereocenters. The van der Waals surface area contributed by atoms with Crippen LogP contribution >= 0.6 is 15.9 Å². The first-order valence-corrected chi connectivity index (χ1v) is 9.19. The second kappa shape index (κ2) is 7.15. The van der Waals surface area contributed by atoms with E-state index in [1.54, 1.807) is 6.08 Å². The number of hydrogen-bond acceptors (Lipinski definition) is 4. The van der Waals surface area contributed by atoms with Crippen LogP contribution in [0.1, 0.15) is 38.3 Å². The summed E-state index contributed by atoms with van der Waals surface area (Å²) in [5.74, 6) is 1.40. The van der Waals surface area contributed by atoms with Gasteiger partial charge >= 0.3 is 6.09 Å². The van der Waals surface area contributed by atoms with Crippen LogP contribution in [0.4, 0.5) is 4.79 Å². The quantitative estimate of drug-likeness (QED) is 0.716. The minimum Gasteiger partial charge on any atom is -0.492 e. The summed E-state index contributed by atoms with van der Waals surface area (Å²) in [6, 6.07) is 5.38. The lowest BCUT2D eigenvalue weighted by Crippen LogP contribution is -2.34. The van der Waals surface area contributed by atoms with Crippen molar-refractivity contribution in [3.63, 3.8) is 0 Å². The average Bonchev–Trinajstić information content (AvgIpc) is 2.88. The standard InChI is InChI=1S/C19H22BrN3O3/c1-5-13(22-18(24)26-19(2,3)4)17-21-14-8-9-25-15-10-11(20)6-7-12(15)16(14)23-17/h5-7,10,13H,1,8-9H2,2-4H3,(H,21,23)(H,22,24)/t13-/m0/s1. The number of amides is 1. The Bertz CT molecular complexity index is 839. The van der Waals surface area contributed by atoms with E-state index < -0.39 is 17.7 Å². The summed E-state index contributed by atoms with van der Waals surface area (Å²) < 4.78 is 12.1. The summed E-state index contributed by atoms with van der Waals surface area (Å²) in [5, 5.41) is 2.79. The van der Waals surface area contributed by atoms with E-state index in [0.717, 1.165) is 27.2 Å². The van der Waals surface area contributed by atoms with Gasteiger partial charge in [0.15, 0.2) is 0 Å². The van der Waals surface area contributed by atoms with E-state index in [2.05, 4.69) is 32.8 Å². The summed E-state index contributed by atoms with van der Waals surface area (Å²) in [7, 11) is 0. The van der Waals surface area contributed by atoms with Crippen LogP contribution < -0.4 is 10.1 Å². The lowest BCUT2D eigenvalue weighted by Gasteiger charge is -2.21. The van der Waals surface area contributed by atoms with Gasteiger partial charge in [-0.25, -0.2) is 9.78 Å². The number of rotatable bonds is 3. The van der Waals surface area contributed by atoms with Crippen molar-refractivity contribution in [3.8, 4) is 17.0 Å². The van der Waals surface area contributed by atoms with Gasteiger partial charge in [-0.1, -0.05) is 22.0 Å². The second-order valence-corrected chi connectivity index (χ2v) is 7.96. The van der Waals surface area contributed by atoms with Crippen LogP contribution in [-0.2, 0) is 11.2 Å². The number of ether oxygens (including phenoxy) is 2. The van der Waals surface area contributed by atoms with Gasteiger partial charge in [-0.2, -0.15) is 0 Å².